The van der Waals surface area contributed by atoms with E-state index in [1.54, 1.807) is 6.20 Å². The third-order valence-corrected chi connectivity index (χ3v) is 4.63. The molecular formula is C16H27N5O2. The molecule has 2 aliphatic rings. The molecule has 2 fully saturated rings. The Bertz CT molecular complexity index is 506. The molecule has 2 amide bonds. The highest BCUT2D eigenvalue weighted by Gasteiger charge is 2.30. The molecule has 1 saturated heterocycles. The van der Waals surface area contributed by atoms with Gasteiger partial charge in [-0.05, 0) is 32.1 Å². The summed E-state index contributed by atoms with van der Waals surface area (Å²) in [5.74, 6) is 1.47. The highest BCUT2D eigenvalue weighted by Crippen LogP contribution is 2.40. The average Bonchev–Trinajstić information content (AvgIpc) is 3.32. The molecule has 1 aromatic heterocycles. The maximum atomic E-state index is 12.1. The van der Waals surface area contributed by atoms with Crippen LogP contribution in [0.25, 0.3) is 0 Å². The zero-order chi connectivity index (χ0) is 16.1. The number of nitrogens with one attached hydrogen (secondary N) is 2. The lowest BCUT2D eigenvalue weighted by molar-refractivity contribution is 0.141. The SMILES string of the molecule is CC(C1CC1)n1nccc1NC(=O)NCCN1CCCOCC1. The van der Waals surface area contributed by atoms with E-state index in [0.29, 0.717) is 18.5 Å². The molecular weight excluding hydrogens is 294 g/mol. The van der Waals surface area contributed by atoms with Crippen LogP contribution in [0.1, 0.15) is 32.2 Å². The fourth-order valence-corrected chi connectivity index (χ4v) is 3.03. The highest BCUT2D eigenvalue weighted by atomic mass is 16.5. The van der Waals surface area contributed by atoms with Crippen molar-refractivity contribution in [2.45, 2.75) is 32.2 Å². The Kier molecular flexibility index (Phi) is 5.51. The topological polar surface area (TPSA) is 71.4 Å². The molecule has 0 bridgehead atoms. The van der Waals surface area contributed by atoms with E-state index < -0.39 is 0 Å². The maximum Gasteiger partial charge on any atom is 0.320 e. The second-order valence-electron chi connectivity index (χ2n) is 6.43. The van der Waals surface area contributed by atoms with Gasteiger partial charge in [0.1, 0.15) is 5.82 Å². The van der Waals surface area contributed by atoms with E-state index in [-0.39, 0.29) is 6.03 Å². The second kappa shape index (κ2) is 7.79. The Morgan fingerprint density at radius 1 is 1.43 bits per heavy atom. The van der Waals surface area contributed by atoms with Crippen LogP contribution in [0.3, 0.4) is 0 Å². The first-order valence-electron chi connectivity index (χ1n) is 8.62. The van der Waals surface area contributed by atoms with Crippen LogP contribution < -0.4 is 10.6 Å². The van der Waals surface area contributed by atoms with Crippen LogP contribution in [-0.4, -0.2) is 60.1 Å². The van der Waals surface area contributed by atoms with Gasteiger partial charge in [-0.25, -0.2) is 9.48 Å². The molecule has 0 aromatic carbocycles. The molecule has 1 atom stereocenters. The van der Waals surface area contributed by atoms with Crippen LogP contribution in [0.4, 0.5) is 10.6 Å². The van der Waals surface area contributed by atoms with Crippen LogP contribution in [0.5, 0.6) is 0 Å². The third kappa shape index (κ3) is 4.68. The van der Waals surface area contributed by atoms with Gasteiger partial charge in [0.25, 0.3) is 0 Å². The van der Waals surface area contributed by atoms with Gasteiger partial charge in [0.05, 0.1) is 18.8 Å². The Morgan fingerprint density at radius 2 is 2.30 bits per heavy atom. The monoisotopic (exact) mass is 321 g/mol. The minimum atomic E-state index is -0.166. The lowest BCUT2D eigenvalue weighted by atomic mass is 10.2. The minimum absolute atomic E-state index is 0.166. The summed E-state index contributed by atoms with van der Waals surface area (Å²) in [7, 11) is 0. The quantitative estimate of drug-likeness (QED) is 0.836. The molecule has 3 rings (SSSR count). The van der Waals surface area contributed by atoms with Crippen molar-refractivity contribution in [2.75, 3.05) is 44.7 Å². The van der Waals surface area contributed by atoms with E-state index in [1.165, 1.54) is 12.8 Å². The summed E-state index contributed by atoms with van der Waals surface area (Å²) in [6, 6.07) is 2.03. The summed E-state index contributed by atoms with van der Waals surface area (Å²) in [6.07, 6.45) is 5.31. The maximum absolute atomic E-state index is 12.1. The number of rotatable bonds is 6. The van der Waals surface area contributed by atoms with Gasteiger partial charge in [0.2, 0.25) is 0 Å². The van der Waals surface area contributed by atoms with Crippen LogP contribution in [0.2, 0.25) is 0 Å². The number of urea groups is 1. The molecule has 1 saturated carbocycles. The number of carbonyl (C=O) groups excluding carboxylic acids is 1. The largest absolute Gasteiger partial charge is 0.380 e. The van der Waals surface area contributed by atoms with Gasteiger partial charge in [0, 0.05) is 38.9 Å². The van der Waals surface area contributed by atoms with E-state index in [1.807, 2.05) is 10.7 Å². The Balaban J connectivity index is 1.41. The number of hydrogen-bond acceptors (Lipinski definition) is 4. The van der Waals surface area contributed by atoms with Gasteiger partial charge in [-0.15, -0.1) is 0 Å². The lowest BCUT2D eigenvalue weighted by Crippen LogP contribution is -2.38. The number of carbonyl (C=O) groups is 1. The molecule has 1 aromatic rings. The fourth-order valence-electron chi connectivity index (χ4n) is 3.03. The number of ether oxygens (including phenoxy) is 1. The highest BCUT2D eigenvalue weighted by molar-refractivity contribution is 5.88. The number of hydrogen-bond donors (Lipinski definition) is 2. The molecule has 128 valence electrons. The zero-order valence-electron chi connectivity index (χ0n) is 13.8. The Morgan fingerprint density at radius 3 is 3.13 bits per heavy atom. The van der Waals surface area contributed by atoms with Gasteiger partial charge in [-0.2, -0.15) is 5.10 Å². The summed E-state index contributed by atoms with van der Waals surface area (Å²) >= 11 is 0. The number of aromatic nitrogens is 2. The summed E-state index contributed by atoms with van der Waals surface area (Å²) in [5, 5.41) is 10.2. The number of nitrogens with zero attached hydrogens (tertiary/aromatic N) is 3. The average molecular weight is 321 g/mol. The van der Waals surface area contributed by atoms with Gasteiger partial charge in [-0.3, -0.25) is 10.2 Å². The molecule has 0 spiro atoms. The van der Waals surface area contributed by atoms with Gasteiger partial charge < -0.3 is 10.1 Å². The molecule has 2 heterocycles. The van der Waals surface area contributed by atoms with E-state index in [4.69, 9.17) is 4.74 Å². The van der Waals surface area contributed by atoms with Crippen molar-refractivity contribution in [1.29, 1.82) is 0 Å². The smallest absolute Gasteiger partial charge is 0.320 e. The third-order valence-electron chi connectivity index (χ3n) is 4.63. The van der Waals surface area contributed by atoms with Gasteiger partial charge >= 0.3 is 6.03 Å². The van der Waals surface area contributed by atoms with Crippen LogP contribution in [0, 0.1) is 5.92 Å². The molecule has 7 nitrogen and oxygen atoms in total. The molecule has 0 radical (unpaired) electrons. The van der Waals surface area contributed by atoms with Crippen molar-refractivity contribution in [3.63, 3.8) is 0 Å². The molecule has 1 aliphatic carbocycles. The molecule has 1 unspecified atom stereocenters. The van der Waals surface area contributed by atoms with Gasteiger partial charge in [-0.1, -0.05) is 0 Å². The standard InChI is InChI=1S/C16H27N5O2/c1-13(14-3-4-14)21-15(5-6-18-21)19-16(22)17-7-9-20-8-2-11-23-12-10-20/h5-6,13-14H,2-4,7-12H2,1H3,(H2,17,19,22). The summed E-state index contributed by atoms with van der Waals surface area (Å²) in [5.41, 5.74) is 0. The Labute approximate surface area is 137 Å². The predicted octanol–water partition coefficient (Wildman–Crippen LogP) is 1.70. The first-order valence-corrected chi connectivity index (χ1v) is 8.62. The van der Waals surface area contributed by atoms with E-state index >= 15 is 0 Å². The van der Waals surface area contributed by atoms with Gasteiger partial charge in [0.15, 0.2) is 0 Å². The van der Waals surface area contributed by atoms with Crippen molar-refractivity contribution in [3.05, 3.63) is 12.3 Å². The normalized spacial score (nSPS) is 20.7. The van der Waals surface area contributed by atoms with Crippen molar-refractivity contribution in [1.82, 2.24) is 20.0 Å². The van der Waals surface area contributed by atoms with Crippen molar-refractivity contribution in [3.8, 4) is 0 Å². The van der Waals surface area contributed by atoms with Crippen molar-refractivity contribution >= 4 is 11.8 Å². The molecule has 23 heavy (non-hydrogen) atoms. The van der Waals surface area contributed by atoms with Crippen LogP contribution in [0.15, 0.2) is 12.3 Å². The second-order valence-corrected chi connectivity index (χ2v) is 6.43. The molecule has 7 heteroatoms. The summed E-state index contributed by atoms with van der Waals surface area (Å²) in [4.78, 5) is 14.4. The van der Waals surface area contributed by atoms with E-state index in [9.17, 15) is 4.79 Å². The zero-order valence-corrected chi connectivity index (χ0v) is 13.8. The molecule has 2 N–H and O–H groups in total. The predicted molar refractivity (Wildman–Crippen MR) is 88.6 cm³/mol. The van der Waals surface area contributed by atoms with Crippen molar-refractivity contribution in [2.24, 2.45) is 5.92 Å². The first-order chi connectivity index (χ1) is 11.2. The van der Waals surface area contributed by atoms with Crippen molar-refractivity contribution < 1.29 is 9.53 Å². The number of amides is 2. The first kappa shape index (κ1) is 16.3. The molecule has 1 aliphatic heterocycles. The van der Waals surface area contributed by atoms with Crippen LogP contribution >= 0.6 is 0 Å². The summed E-state index contributed by atoms with van der Waals surface area (Å²) in [6.45, 7) is 7.25. The Hall–Kier alpha value is -1.60. The van der Waals surface area contributed by atoms with E-state index in [2.05, 4.69) is 27.6 Å². The summed E-state index contributed by atoms with van der Waals surface area (Å²) < 4.78 is 7.35. The number of anilines is 1. The lowest BCUT2D eigenvalue weighted by Gasteiger charge is -2.19. The minimum Gasteiger partial charge on any atom is -0.380 e. The fraction of sp³-hybridized carbons (Fsp3) is 0.750. The van der Waals surface area contributed by atoms with Crippen LogP contribution in [-0.2, 0) is 4.74 Å². The van der Waals surface area contributed by atoms with E-state index in [0.717, 1.165) is 45.1 Å².